The number of carbonyl (C=O) groups is 2. The van der Waals surface area contributed by atoms with Crippen LogP contribution in [0, 0.1) is 6.92 Å². The highest BCUT2D eigenvalue weighted by Crippen LogP contribution is 2.36. The molecule has 2 atom stereocenters. The zero-order valence-electron chi connectivity index (χ0n) is 12.1. The summed E-state index contributed by atoms with van der Waals surface area (Å²) in [4.78, 5) is 25.4. The molecule has 2 unspecified atom stereocenters. The lowest BCUT2D eigenvalue weighted by molar-refractivity contribution is -0.166. The largest absolute Gasteiger partial charge is 0.472 e. The predicted molar refractivity (Wildman–Crippen MR) is 79.9 cm³/mol. The van der Waals surface area contributed by atoms with Gasteiger partial charge in [-0.3, -0.25) is 9.69 Å². The highest BCUT2D eigenvalue weighted by Gasteiger charge is 2.54. The first-order valence-corrected chi connectivity index (χ1v) is 7.59. The van der Waals surface area contributed by atoms with Crippen molar-refractivity contribution in [2.75, 3.05) is 5.88 Å². The van der Waals surface area contributed by atoms with Crippen molar-refractivity contribution in [3.05, 3.63) is 47.2 Å². The van der Waals surface area contributed by atoms with Crippen molar-refractivity contribution in [2.45, 2.75) is 32.2 Å². The maximum Gasteiger partial charge on any atom is 0.337 e. The van der Waals surface area contributed by atoms with Gasteiger partial charge in [0.15, 0.2) is 12.3 Å². The fourth-order valence-electron chi connectivity index (χ4n) is 2.55. The molecule has 0 aromatic heterocycles. The van der Waals surface area contributed by atoms with E-state index in [1.54, 1.807) is 6.08 Å². The average molecular weight is 322 g/mol. The summed E-state index contributed by atoms with van der Waals surface area (Å²) in [5.41, 5.74) is 2.04. The Morgan fingerprint density at radius 3 is 2.82 bits per heavy atom. The van der Waals surface area contributed by atoms with Crippen molar-refractivity contribution in [1.29, 1.82) is 0 Å². The van der Waals surface area contributed by atoms with Crippen LogP contribution in [0.15, 0.2) is 36.1 Å². The Morgan fingerprint density at radius 1 is 1.45 bits per heavy atom. The molecule has 2 saturated heterocycles. The molecule has 3 rings (SSSR count). The van der Waals surface area contributed by atoms with Gasteiger partial charge in [-0.15, -0.1) is 11.6 Å². The molecule has 0 N–H and O–H groups in total. The Kier molecular flexibility index (Phi) is 4.07. The third-order valence-corrected chi connectivity index (χ3v) is 3.92. The molecule has 0 aliphatic carbocycles. The topological polar surface area (TPSA) is 55.8 Å². The number of amides is 1. The molecule has 2 aliphatic heterocycles. The molecule has 0 radical (unpaired) electrons. The lowest BCUT2D eigenvalue weighted by Gasteiger charge is -2.33. The number of rotatable bonds is 4. The van der Waals surface area contributed by atoms with E-state index in [0.717, 1.165) is 11.1 Å². The molecule has 1 aromatic carbocycles. The number of aryl methyl sites for hydroxylation is 1. The fraction of sp³-hybridized carbons (Fsp3) is 0.375. The van der Waals surface area contributed by atoms with Crippen LogP contribution in [0.4, 0.5) is 0 Å². The summed E-state index contributed by atoms with van der Waals surface area (Å²) in [6.07, 6.45) is 1.53. The summed E-state index contributed by atoms with van der Waals surface area (Å²) < 4.78 is 10.9. The number of benzene rings is 1. The number of esters is 1. The number of nitrogens with zero attached hydrogens (tertiary/aromatic N) is 1. The first kappa shape index (κ1) is 14.9. The molecule has 116 valence electrons. The molecule has 1 aromatic rings. The average Bonchev–Trinajstić information content (AvgIpc) is 2.79. The molecule has 5 nitrogen and oxygen atoms in total. The van der Waals surface area contributed by atoms with Gasteiger partial charge in [0.1, 0.15) is 12.4 Å². The van der Waals surface area contributed by atoms with E-state index in [9.17, 15) is 9.59 Å². The summed E-state index contributed by atoms with van der Waals surface area (Å²) in [6.45, 7) is 2.15. The van der Waals surface area contributed by atoms with E-state index < -0.39 is 12.0 Å². The summed E-state index contributed by atoms with van der Waals surface area (Å²) >= 11 is 5.68. The van der Waals surface area contributed by atoms with Gasteiger partial charge in [0.2, 0.25) is 5.91 Å². The number of hydrogen-bond donors (Lipinski definition) is 0. The molecule has 22 heavy (non-hydrogen) atoms. The first-order valence-electron chi connectivity index (χ1n) is 7.06. The van der Waals surface area contributed by atoms with E-state index in [-0.39, 0.29) is 24.6 Å². The Hall–Kier alpha value is -2.01. The number of carbonyl (C=O) groups excluding carboxylic acids is 2. The highest BCUT2D eigenvalue weighted by atomic mass is 35.5. The number of halogens is 1. The van der Waals surface area contributed by atoms with E-state index in [1.807, 2.05) is 31.2 Å². The molecule has 0 saturated carbocycles. The molecule has 0 bridgehead atoms. The lowest BCUT2D eigenvalue weighted by atomic mass is 10.1. The Balaban J connectivity index is 1.68. The van der Waals surface area contributed by atoms with Crippen LogP contribution >= 0.6 is 11.6 Å². The SMILES string of the molecule is Cc1ccc(COC(=O)C2C(=CCCl)OC3CC(=O)N32)cc1. The van der Waals surface area contributed by atoms with Gasteiger partial charge in [-0.2, -0.15) is 0 Å². The quantitative estimate of drug-likeness (QED) is 0.484. The zero-order valence-corrected chi connectivity index (χ0v) is 12.9. The minimum Gasteiger partial charge on any atom is -0.472 e. The van der Waals surface area contributed by atoms with Gasteiger partial charge in [-0.25, -0.2) is 4.79 Å². The second kappa shape index (κ2) is 6.01. The second-order valence-corrected chi connectivity index (χ2v) is 5.64. The maximum absolute atomic E-state index is 12.3. The number of hydrogen-bond acceptors (Lipinski definition) is 4. The van der Waals surface area contributed by atoms with Gasteiger partial charge in [0.25, 0.3) is 0 Å². The molecule has 0 spiro atoms. The normalized spacial score (nSPS) is 24.7. The number of β-lactam (4-membered cyclic amide) rings is 1. The van der Waals surface area contributed by atoms with Crippen LogP contribution < -0.4 is 0 Å². The van der Waals surface area contributed by atoms with Crippen LogP contribution in [0.1, 0.15) is 17.5 Å². The zero-order chi connectivity index (χ0) is 15.7. The van der Waals surface area contributed by atoms with Crippen LogP contribution in [-0.4, -0.2) is 34.9 Å². The Labute approximate surface area is 133 Å². The van der Waals surface area contributed by atoms with Crippen molar-refractivity contribution in [3.63, 3.8) is 0 Å². The van der Waals surface area contributed by atoms with Crippen molar-refractivity contribution >= 4 is 23.5 Å². The molecule has 6 heteroatoms. The van der Waals surface area contributed by atoms with Crippen molar-refractivity contribution < 1.29 is 19.1 Å². The number of allylic oxidation sites excluding steroid dienone is 1. The van der Waals surface area contributed by atoms with E-state index in [1.165, 1.54) is 4.90 Å². The van der Waals surface area contributed by atoms with Crippen molar-refractivity contribution in [1.82, 2.24) is 4.90 Å². The molecule has 2 fully saturated rings. The molecule has 2 heterocycles. The minimum absolute atomic E-state index is 0.111. The minimum atomic E-state index is -0.810. The maximum atomic E-state index is 12.3. The van der Waals surface area contributed by atoms with Crippen LogP contribution in [0.5, 0.6) is 0 Å². The van der Waals surface area contributed by atoms with Gasteiger partial charge in [-0.1, -0.05) is 29.8 Å². The first-order chi connectivity index (χ1) is 10.6. The van der Waals surface area contributed by atoms with Gasteiger partial charge in [-0.05, 0) is 18.6 Å². The van der Waals surface area contributed by atoms with Crippen LogP contribution in [0.2, 0.25) is 0 Å². The van der Waals surface area contributed by atoms with E-state index in [0.29, 0.717) is 12.2 Å². The number of fused-ring (bicyclic) bond motifs is 1. The standard InChI is InChI=1S/C16H16ClNO4/c1-10-2-4-11(5-3-10)9-21-16(20)15-12(6-7-17)22-14-8-13(19)18(14)15/h2-6,14-15H,7-9H2,1H3. The third-order valence-electron chi connectivity index (χ3n) is 3.77. The fourth-order valence-corrected chi connectivity index (χ4v) is 2.70. The summed E-state index contributed by atoms with van der Waals surface area (Å²) in [5, 5.41) is 0. The van der Waals surface area contributed by atoms with Gasteiger partial charge in [0, 0.05) is 5.88 Å². The van der Waals surface area contributed by atoms with Crippen LogP contribution in [0.3, 0.4) is 0 Å². The Morgan fingerprint density at radius 2 is 2.18 bits per heavy atom. The highest BCUT2D eigenvalue weighted by molar-refractivity contribution is 6.19. The Bertz CT molecular complexity index is 626. The van der Waals surface area contributed by atoms with E-state index in [4.69, 9.17) is 21.1 Å². The lowest BCUT2D eigenvalue weighted by Crippen LogP contribution is -2.55. The third kappa shape index (κ3) is 2.68. The number of ether oxygens (including phenoxy) is 2. The number of alkyl halides is 1. The van der Waals surface area contributed by atoms with Gasteiger partial charge >= 0.3 is 5.97 Å². The van der Waals surface area contributed by atoms with Gasteiger partial charge < -0.3 is 9.47 Å². The molecule has 1 amide bonds. The van der Waals surface area contributed by atoms with Crippen molar-refractivity contribution in [2.24, 2.45) is 0 Å². The summed E-state index contributed by atoms with van der Waals surface area (Å²) in [5.74, 6) is 0.0127. The smallest absolute Gasteiger partial charge is 0.337 e. The molecule has 2 aliphatic rings. The van der Waals surface area contributed by atoms with Crippen molar-refractivity contribution in [3.8, 4) is 0 Å². The monoisotopic (exact) mass is 321 g/mol. The van der Waals surface area contributed by atoms with Gasteiger partial charge in [0.05, 0.1) is 6.42 Å². The van der Waals surface area contributed by atoms with E-state index in [2.05, 4.69) is 0 Å². The van der Waals surface area contributed by atoms with Crippen LogP contribution in [-0.2, 0) is 25.7 Å². The summed E-state index contributed by atoms with van der Waals surface area (Å²) in [7, 11) is 0. The summed E-state index contributed by atoms with van der Waals surface area (Å²) in [6, 6.07) is 6.91. The predicted octanol–water partition coefficient (Wildman–Crippen LogP) is 2.12. The van der Waals surface area contributed by atoms with Crippen LogP contribution in [0.25, 0.3) is 0 Å². The van der Waals surface area contributed by atoms with E-state index >= 15 is 0 Å². The second-order valence-electron chi connectivity index (χ2n) is 5.33. The molecular formula is C16H16ClNO4. The molecular weight excluding hydrogens is 306 g/mol.